The topological polar surface area (TPSA) is 59.6 Å². The number of alkyl halides is 3. The fraction of sp³-hybridized carbons (Fsp3) is 0.235. The highest BCUT2D eigenvalue weighted by atomic mass is 19.4. The molecule has 5 nitrogen and oxygen atoms in total. The van der Waals surface area contributed by atoms with Gasteiger partial charge in [0.15, 0.2) is 6.61 Å². The molecule has 0 aromatic heterocycles. The fourth-order valence-corrected chi connectivity index (χ4v) is 1.93. The summed E-state index contributed by atoms with van der Waals surface area (Å²) in [4.78, 5) is 11.9. The van der Waals surface area contributed by atoms with Crippen LogP contribution < -0.4 is 20.1 Å². The molecule has 8 heteroatoms. The number of methoxy groups -OCH3 is 1. The highest BCUT2D eigenvalue weighted by molar-refractivity contribution is 5.89. The van der Waals surface area contributed by atoms with Crippen molar-refractivity contribution in [2.45, 2.75) is 12.7 Å². The van der Waals surface area contributed by atoms with Crippen LogP contribution in [0.25, 0.3) is 0 Å². The van der Waals surface area contributed by atoms with Gasteiger partial charge in [0.2, 0.25) is 0 Å². The molecule has 0 fully saturated rings. The summed E-state index contributed by atoms with van der Waals surface area (Å²) in [5.74, 6) is 0.731. The molecule has 0 aliphatic rings. The summed E-state index contributed by atoms with van der Waals surface area (Å²) in [6.45, 7) is -1.10. The summed E-state index contributed by atoms with van der Waals surface area (Å²) in [7, 11) is 1.56. The van der Waals surface area contributed by atoms with Crippen LogP contribution in [-0.4, -0.2) is 25.9 Å². The highest BCUT2D eigenvalue weighted by Crippen LogP contribution is 2.21. The van der Waals surface area contributed by atoms with Crippen LogP contribution in [0.1, 0.15) is 5.56 Å². The average molecular weight is 354 g/mol. The predicted octanol–water partition coefficient (Wildman–Crippen LogP) is 3.96. The Balaban J connectivity index is 1.85. The van der Waals surface area contributed by atoms with Crippen molar-refractivity contribution in [2.24, 2.45) is 0 Å². The molecule has 0 bridgehead atoms. The number of nitrogens with one attached hydrogen (secondary N) is 2. The summed E-state index contributed by atoms with van der Waals surface area (Å²) in [6.07, 6.45) is -4.42. The summed E-state index contributed by atoms with van der Waals surface area (Å²) >= 11 is 0. The van der Waals surface area contributed by atoms with Crippen molar-refractivity contribution < 1.29 is 27.4 Å². The van der Waals surface area contributed by atoms with Crippen LogP contribution in [-0.2, 0) is 6.54 Å². The minimum Gasteiger partial charge on any atom is -0.497 e. The summed E-state index contributed by atoms with van der Waals surface area (Å²) < 4.78 is 46.1. The highest BCUT2D eigenvalue weighted by Gasteiger charge is 2.28. The van der Waals surface area contributed by atoms with Crippen LogP contribution in [0.3, 0.4) is 0 Å². The Bertz CT molecular complexity index is 703. The number of hydrogen-bond acceptors (Lipinski definition) is 3. The maximum Gasteiger partial charge on any atom is 0.422 e. The zero-order chi connectivity index (χ0) is 18.3. The quantitative estimate of drug-likeness (QED) is 0.826. The Labute approximate surface area is 142 Å². The molecule has 0 aliphatic carbocycles. The van der Waals surface area contributed by atoms with Gasteiger partial charge in [0.05, 0.1) is 7.11 Å². The van der Waals surface area contributed by atoms with Gasteiger partial charge in [-0.25, -0.2) is 4.79 Å². The van der Waals surface area contributed by atoms with Gasteiger partial charge >= 0.3 is 12.2 Å². The Kier molecular flexibility index (Phi) is 6.10. The zero-order valence-corrected chi connectivity index (χ0v) is 13.4. The Morgan fingerprint density at radius 1 is 1.08 bits per heavy atom. The van der Waals surface area contributed by atoms with Gasteiger partial charge in [-0.3, -0.25) is 0 Å². The molecule has 0 aliphatic heterocycles. The zero-order valence-electron chi connectivity index (χ0n) is 13.4. The number of carbonyl (C=O) groups excluding carboxylic acids is 1. The lowest BCUT2D eigenvalue weighted by atomic mass is 10.2. The van der Waals surface area contributed by atoms with Gasteiger partial charge in [-0.2, -0.15) is 13.2 Å². The summed E-state index contributed by atoms with van der Waals surface area (Å²) in [5, 5.41) is 5.19. The Morgan fingerprint density at radius 2 is 1.80 bits per heavy atom. The fourth-order valence-electron chi connectivity index (χ4n) is 1.93. The van der Waals surface area contributed by atoms with Crippen LogP contribution in [0.5, 0.6) is 11.5 Å². The number of halogens is 3. The number of amides is 2. The van der Waals surface area contributed by atoms with E-state index in [-0.39, 0.29) is 5.75 Å². The van der Waals surface area contributed by atoms with Crippen LogP contribution in [0.4, 0.5) is 23.7 Å². The molecule has 0 saturated carbocycles. The van der Waals surface area contributed by atoms with Gasteiger partial charge in [-0.15, -0.1) is 0 Å². The second-order valence-electron chi connectivity index (χ2n) is 5.09. The first-order chi connectivity index (χ1) is 11.9. The van der Waals surface area contributed by atoms with E-state index in [0.717, 1.165) is 5.56 Å². The van der Waals surface area contributed by atoms with Crippen molar-refractivity contribution in [1.82, 2.24) is 5.32 Å². The van der Waals surface area contributed by atoms with E-state index >= 15 is 0 Å². The second kappa shape index (κ2) is 8.27. The minimum atomic E-state index is -4.42. The number of anilines is 1. The number of urea groups is 1. The number of rotatable bonds is 6. The van der Waals surface area contributed by atoms with Gasteiger partial charge in [0.25, 0.3) is 0 Å². The molecule has 25 heavy (non-hydrogen) atoms. The number of benzene rings is 2. The minimum absolute atomic E-state index is 0.0188. The first-order valence-electron chi connectivity index (χ1n) is 7.33. The molecule has 0 saturated heterocycles. The average Bonchev–Trinajstić information content (AvgIpc) is 2.58. The molecule has 0 spiro atoms. The van der Waals surface area contributed by atoms with E-state index < -0.39 is 18.8 Å². The van der Waals surface area contributed by atoms with Crippen molar-refractivity contribution >= 4 is 11.7 Å². The molecule has 0 atom stereocenters. The van der Waals surface area contributed by atoms with Gasteiger partial charge in [0.1, 0.15) is 11.5 Å². The smallest absolute Gasteiger partial charge is 0.422 e. The molecule has 0 heterocycles. The van der Waals surface area contributed by atoms with Crippen molar-refractivity contribution in [3.8, 4) is 11.5 Å². The van der Waals surface area contributed by atoms with E-state index in [1.54, 1.807) is 25.3 Å². The van der Waals surface area contributed by atoms with Crippen molar-refractivity contribution in [2.75, 3.05) is 19.0 Å². The second-order valence-corrected chi connectivity index (χ2v) is 5.09. The summed E-state index contributed by atoms with van der Waals surface area (Å²) in [6, 6.07) is 12.4. The molecule has 2 aromatic carbocycles. The monoisotopic (exact) mass is 354 g/mol. The van der Waals surface area contributed by atoms with Crippen molar-refractivity contribution in [3.63, 3.8) is 0 Å². The third-order valence-electron chi connectivity index (χ3n) is 3.11. The predicted molar refractivity (Wildman–Crippen MR) is 86.8 cm³/mol. The molecular formula is C17H17F3N2O3. The summed E-state index contributed by atoms with van der Waals surface area (Å²) in [5.41, 5.74) is 1.20. The van der Waals surface area contributed by atoms with Gasteiger partial charge in [-0.05, 0) is 29.8 Å². The van der Waals surface area contributed by atoms with Crippen LogP contribution in [0, 0.1) is 0 Å². The lowest BCUT2D eigenvalue weighted by molar-refractivity contribution is -0.153. The van der Waals surface area contributed by atoms with E-state index in [9.17, 15) is 18.0 Å². The van der Waals surface area contributed by atoms with E-state index in [2.05, 4.69) is 15.4 Å². The third kappa shape index (κ3) is 6.62. The molecule has 2 amide bonds. The normalized spacial score (nSPS) is 10.9. The van der Waals surface area contributed by atoms with Gasteiger partial charge in [-0.1, -0.05) is 18.2 Å². The van der Waals surface area contributed by atoms with Crippen LogP contribution in [0.2, 0.25) is 0 Å². The maximum atomic E-state index is 12.1. The largest absolute Gasteiger partial charge is 0.497 e. The lowest BCUT2D eigenvalue weighted by Gasteiger charge is -2.11. The van der Waals surface area contributed by atoms with Crippen molar-refractivity contribution in [3.05, 3.63) is 54.1 Å². The molecule has 2 aromatic rings. The van der Waals surface area contributed by atoms with E-state index in [4.69, 9.17) is 4.74 Å². The Morgan fingerprint density at radius 3 is 2.44 bits per heavy atom. The first-order valence-corrected chi connectivity index (χ1v) is 7.33. The SMILES string of the molecule is COc1ccc(CNC(=O)Nc2cccc(OCC(F)(F)F)c2)cc1. The third-order valence-corrected chi connectivity index (χ3v) is 3.11. The van der Waals surface area contributed by atoms with Crippen LogP contribution >= 0.6 is 0 Å². The molecule has 2 rings (SSSR count). The number of hydrogen-bond donors (Lipinski definition) is 2. The van der Waals surface area contributed by atoms with Gasteiger partial charge < -0.3 is 20.1 Å². The maximum absolute atomic E-state index is 12.1. The van der Waals surface area contributed by atoms with E-state index in [1.807, 2.05) is 12.1 Å². The number of ether oxygens (including phenoxy) is 2. The lowest BCUT2D eigenvalue weighted by Crippen LogP contribution is -2.28. The molecule has 0 unspecified atom stereocenters. The van der Waals surface area contributed by atoms with Crippen LogP contribution in [0.15, 0.2) is 48.5 Å². The van der Waals surface area contributed by atoms with Crippen molar-refractivity contribution in [1.29, 1.82) is 0 Å². The first kappa shape index (κ1) is 18.4. The molecular weight excluding hydrogens is 337 g/mol. The van der Waals surface area contributed by atoms with Gasteiger partial charge in [0, 0.05) is 18.3 Å². The number of carbonyl (C=O) groups is 1. The molecule has 2 N–H and O–H groups in total. The molecule has 0 radical (unpaired) electrons. The Hall–Kier alpha value is -2.90. The van der Waals surface area contributed by atoms with E-state index in [1.165, 1.54) is 18.2 Å². The van der Waals surface area contributed by atoms with E-state index in [0.29, 0.717) is 18.0 Å². The molecule has 134 valence electrons. The standard InChI is InChI=1S/C17H17F3N2O3/c1-24-14-7-5-12(6-8-14)10-21-16(23)22-13-3-2-4-15(9-13)25-11-17(18,19)20/h2-9H,10-11H2,1H3,(H2,21,22,23).